The second-order valence-electron chi connectivity index (χ2n) is 21.0. The lowest BCUT2D eigenvalue weighted by atomic mass is 10.0. The van der Waals surface area contributed by atoms with Gasteiger partial charge in [0.25, 0.3) is 0 Å². The van der Waals surface area contributed by atoms with Gasteiger partial charge in [-0.05, 0) is 161 Å². The summed E-state index contributed by atoms with van der Waals surface area (Å²) in [5, 5.41) is 13.1. The van der Waals surface area contributed by atoms with Crippen molar-refractivity contribution in [2.75, 3.05) is 10.2 Å². The molecule has 0 saturated carbocycles. The van der Waals surface area contributed by atoms with E-state index in [-0.39, 0.29) is 0 Å². The molecule has 0 saturated heterocycles. The van der Waals surface area contributed by atoms with E-state index in [0.29, 0.717) is 0 Å². The van der Waals surface area contributed by atoms with Crippen molar-refractivity contribution in [3.8, 4) is 44.5 Å². The smallest absolute Gasteiger partial charge is 0.160 e. The van der Waals surface area contributed by atoms with Gasteiger partial charge in [-0.3, -0.25) is 0 Å². The summed E-state index contributed by atoms with van der Waals surface area (Å²) < 4.78 is 13.8. The van der Waals surface area contributed by atoms with E-state index in [2.05, 4.69) is 330 Å². The highest BCUT2D eigenvalue weighted by molar-refractivity contribution is 14.1. The maximum atomic E-state index is 6.66. The first-order valence-corrected chi connectivity index (χ1v) is 29.6. The van der Waals surface area contributed by atoms with Gasteiger partial charge in [0.15, 0.2) is 5.58 Å². The number of furan rings is 2. The summed E-state index contributed by atoms with van der Waals surface area (Å²) in [6, 6.07) is 115. The number of fused-ring (bicyclic) bond motifs is 10. The van der Waals surface area contributed by atoms with Crippen molar-refractivity contribution in [3.05, 3.63) is 331 Å². The monoisotopic (exact) mass is 1200 g/mol. The Morgan fingerprint density at radius 2 is 0.576 bits per heavy atom. The molecule has 0 fully saturated rings. The molecule has 16 rings (SSSR count). The van der Waals surface area contributed by atoms with Crippen LogP contribution in [0.15, 0.2) is 336 Å². The molecule has 16 aromatic rings. The summed E-state index contributed by atoms with van der Waals surface area (Å²) in [6.45, 7) is 0. The van der Waals surface area contributed by atoms with Gasteiger partial charge in [-0.15, -0.1) is 0 Å². The van der Waals surface area contributed by atoms with Crippen LogP contribution in [-0.4, -0.2) is 0 Å². The standard InChI is InChI=1S/C40H27NO.C24H19N.C16H9IO/c1-3-11-28(12-4-1)30-19-23-33(24-20-30)41(34-25-21-31(22-26-34)29-13-5-2-6-14-29)37-27-32-15-7-8-16-35(32)39-36-17-9-10-18-38(36)42-40(37)39;1-3-7-19(8-4-1)21-11-15-23(16-12-21)25-24-17-13-22(14-18-24)20-9-5-2-6-10-20;17-13-9-10-5-1-2-6-11(10)15-12-7-3-4-8-14(12)18-16(13)15/h1-27H;1-18,25H;1-9H. The molecule has 4 nitrogen and oxygen atoms in total. The van der Waals surface area contributed by atoms with E-state index in [1.165, 1.54) is 76.8 Å². The minimum absolute atomic E-state index is 0.883. The average Bonchev–Trinajstić information content (AvgIpc) is 2.45. The lowest BCUT2D eigenvalue weighted by molar-refractivity contribution is 0.667. The topological polar surface area (TPSA) is 41.6 Å². The van der Waals surface area contributed by atoms with Crippen LogP contribution in [0.25, 0.3) is 110 Å². The highest BCUT2D eigenvalue weighted by atomic mass is 127. The van der Waals surface area contributed by atoms with Crippen molar-refractivity contribution in [2.24, 2.45) is 0 Å². The van der Waals surface area contributed by atoms with E-state index in [1.807, 2.05) is 30.3 Å². The molecule has 14 aromatic carbocycles. The molecular formula is C80H55IN2O2. The first kappa shape index (κ1) is 52.6. The van der Waals surface area contributed by atoms with Crippen molar-refractivity contribution < 1.29 is 8.83 Å². The summed E-state index contributed by atoms with van der Waals surface area (Å²) in [5.41, 5.74) is 18.8. The van der Waals surface area contributed by atoms with Gasteiger partial charge >= 0.3 is 0 Å². The van der Waals surface area contributed by atoms with Crippen molar-refractivity contribution in [1.29, 1.82) is 0 Å². The molecule has 0 amide bonds. The third-order valence-corrected chi connectivity index (χ3v) is 16.5. The van der Waals surface area contributed by atoms with Gasteiger partial charge in [0.2, 0.25) is 0 Å². The number of rotatable bonds is 9. The molecule has 0 bridgehead atoms. The van der Waals surface area contributed by atoms with Crippen LogP contribution in [0.3, 0.4) is 0 Å². The Morgan fingerprint density at radius 1 is 0.271 bits per heavy atom. The van der Waals surface area contributed by atoms with Crippen molar-refractivity contribution in [2.45, 2.75) is 0 Å². The summed E-state index contributed by atoms with van der Waals surface area (Å²) in [5.74, 6) is 0. The second kappa shape index (κ2) is 23.8. The maximum absolute atomic E-state index is 6.66. The van der Waals surface area contributed by atoms with Crippen LogP contribution in [0.1, 0.15) is 0 Å². The Hall–Kier alpha value is -10.5. The van der Waals surface area contributed by atoms with E-state index >= 15 is 0 Å². The van der Waals surface area contributed by atoms with E-state index < -0.39 is 0 Å². The Bertz CT molecular complexity index is 4770. The molecule has 0 radical (unpaired) electrons. The lowest BCUT2D eigenvalue weighted by Crippen LogP contribution is -2.10. The quantitative estimate of drug-likeness (QED) is 0.146. The number of nitrogens with one attached hydrogen (secondary N) is 1. The molecule has 0 aliphatic heterocycles. The Balaban J connectivity index is 0.000000125. The number of hydrogen-bond acceptors (Lipinski definition) is 4. The largest absolute Gasteiger partial charge is 0.455 e. The fourth-order valence-electron chi connectivity index (χ4n) is 11.5. The van der Waals surface area contributed by atoms with Crippen LogP contribution < -0.4 is 10.2 Å². The molecule has 404 valence electrons. The van der Waals surface area contributed by atoms with E-state index in [1.54, 1.807) is 0 Å². The minimum atomic E-state index is 0.883. The van der Waals surface area contributed by atoms with Crippen LogP contribution in [0.2, 0.25) is 0 Å². The maximum Gasteiger partial charge on any atom is 0.160 e. The Kier molecular flexibility index (Phi) is 14.7. The highest BCUT2D eigenvalue weighted by Crippen LogP contribution is 2.46. The van der Waals surface area contributed by atoms with Crippen LogP contribution in [-0.2, 0) is 0 Å². The van der Waals surface area contributed by atoms with Gasteiger partial charge in [0.1, 0.15) is 16.7 Å². The van der Waals surface area contributed by atoms with Gasteiger partial charge in [-0.2, -0.15) is 0 Å². The zero-order valence-electron chi connectivity index (χ0n) is 46.3. The molecule has 0 spiro atoms. The van der Waals surface area contributed by atoms with Crippen LogP contribution in [0.5, 0.6) is 0 Å². The third-order valence-electron chi connectivity index (χ3n) is 15.7. The summed E-state index contributed by atoms with van der Waals surface area (Å²) >= 11 is 2.35. The molecule has 2 aromatic heterocycles. The first-order chi connectivity index (χ1) is 42.1. The molecule has 1 N–H and O–H groups in total. The summed E-state index contributed by atoms with van der Waals surface area (Å²) in [7, 11) is 0. The zero-order valence-corrected chi connectivity index (χ0v) is 48.5. The highest BCUT2D eigenvalue weighted by Gasteiger charge is 2.22. The third kappa shape index (κ3) is 10.9. The molecule has 2 heterocycles. The van der Waals surface area contributed by atoms with Crippen molar-refractivity contribution >= 4 is 116 Å². The molecule has 85 heavy (non-hydrogen) atoms. The number of nitrogens with zero attached hydrogens (tertiary/aromatic N) is 1. The summed E-state index contributed by atoms with van der Waals surface area (Å²) in [4.78, 5) is 2.32. The first-order valence-electron chi connectivity index (χ1n) is 28.6. The molecule has 0 aliphatic carbocycles. The molecular weight excluding hydrogens is 1150 g/mol. The van der Waals surface area contributed by atoms with Gasteiger partial charge in [-0.25, -0.2) is 0 Å². The number of halogens is 1. The van der Waals surface area contributed by atoms with Crippen LogP contribution in [0.4, 0.5) is 28.4 Å². The number of para-hydroxylation sites is 2. The number of benzene rings is 14. The van der Waals surface area contributed by atoms with Gasteiger partial charge in [-0.1, -0.05) is 255 Å². The van der Waals surface area contributed by atoms with Crippen LogP contribution in [0, 0.1) is 3.57 Å². The van der Waals surface area contributed by atoms with Gasteiger partial charge < -0.3 is 19.1 Å². The van der Waals surface area contributed by atoms with Gasteiger partial charge in [0.05, 0.1) is 9.26 Å². The van der Waals surface area contributed by atoms with E-state index in [4.69, 9.17) is 8.83 Å². The van der Waals surface area contributed by atoms with E-state index in [9.17, 15) is 0 Å². The minimum Gasteiger partial charge on any atom is -0.455 e. The average molecular weight is 1200 g/mol. The Morgan fingerprint density at radius 3 is 0.988 bits per heavy atom. The molecule has 0 unspecified atom stereocenters. The van der Waals surface area contributed by atoms with Crippen molar-refractivity contribution in [3.63, 3.8) is 0 Å². The normalized spacial score (nSPS) is 11.1. The predicted molar refractivity (Wildman–Crippen MR) is 368 cm³/mol. The second-order valence-corrected chi connectivity index (χ2v) is 22.1. The lowest BCUT2D eigenvalue weighted by Gasteiger charge is -2.26. The van der Waals surface area contributed by atoms with Crippen molar-refractivity contribution in [1.82, 2.24) is 0 Å². The fourth-order valence-corrected chi connectivity index (χ4v) is 12.2. The SMILES string of the molecule is Ic1cc2ccccc2c2c1oc1ccccc12.c1ccc(-c2ccc(N(c3ccc(-c4ccccc4)cc3)c3cc4ccccc4c4c3oc3ccccc34)cc2)cc1.c1ccc(-c2ccc(Nc3ccc(-c4ccccc4)cc3)cc2)cc1. The zero-order chi connectivity index (χ0) is 56.9. The van der Waals surface area contributed by atoms with Gasteiger partial charge in [0, 0.05) is 44.3 Å². The van der Waals surface area contributed by atoms with Crippen LogP contribution >= 0.6 is 22.6 Å². The molecule has 0 atom stereocenters. The number of anilines is 5. The fraction of sp³-hybridized carbons (Fsp3) is 0. The number of hydrogen-bond donors (Lipinski definition) is 1. The predicted octanol–water partition coefficient (Wildman–Crippen LogP) is 23.7. The molecule has 0 aliphatic rings. The summed E-state index contributed by atoms with van der Waals surface area (Å²) in [6.07, 6.45) is 0. The Labute approximate surface area is 507 Å². The van der Waals surface area contributed by atoms with E-state index in [0.717, 1.165) is 65.1 Å². The molecule has 5 heteroatoms.